The molecule has 16 heavy (non-hydrogen) atoms. The molecule has 0 heterocycles. The van der Waals surface area contributed by atoms with Gasteiger partial charge in [-0.2, -0.15) is 0 Å². The summed E-state index contributed by atoms with van der Waals surface area (Å²) in [6.07, 6.45) is 0.700. The maximum absolute atomic E-state index is 12.7. The lowest BCUT2D eigenvalue weighted by molar-refractivity contribution is -0.140. The molecule has 0 saturated carbocycles. The van der Waals surface area contributed by atoms with E-state index in [0.29, 0.717) is 6.42 Å². The number of halogens is 2. The molecule has 0 atom stereocenters. The Balaban J connectivity index is 2.32. The fourth-order valence-corrected chi connectivity index (χ4v) is 1.08. The van der Waals surface area contributed by atoms with Crippen LogP contribution in [-0.2, 0) is 9.53 Å². The van der Waals surface area contributed by atoms with Crippen LogP contribution >= 0.6 is 0 Å². The Kier molecular flexibility index (Phi) is 4.69. The molecular formula is C11H12F2O3. The third-order valence-electron chi connectivity index (χ3n) is 1.91. The Labute approximate surface area is 92.0 Å². The van der Waals surface area contributed by atoms with E-state index in [-0.39, 0.29) is 24.7 Å². The molecule has 88 valence electrons. The summed E-state index contributed by atoms with van der Waals surface area (Å²) >= 11 is 0. The average molecular weight is 230 g/mol. The second-order valence-electron chi connectivity index (χ2n) is 3.10. The minimum absolute atomic E-state index is 0.236. The number of hydrogen-bond acceptors (Lipinski definition) is 3. The molecule has 0 spiro atoms. The fraction of sp³-hybridized carbons (Fsp3) is 0.364. The Bertz CT molecular complexity index is 366. The lowest BCUT2D eigenvalue weighted by Crippen LogP contribution is -2.04. The maximum Gasteiger partial charge on any atom is 0.305 e. The van der Waals surface area contributed by atoms with Gasteiger partial charge in [-0.25, -0.2) is 8.78 Å². The highest BCUT2D eigenvalue weighted by Gasteiger charge is 2.04. The van der Waals surface area contributed by atoms with Crippen molar-refractivity contribution in [1.82, 2.24) is 0 Å². The zero-order valence-electron chi connectivity index (χ0n) is 8.83. The van der Waals surface area contributed by atoms with Gasteiger partial charge in [0.05, 0.1) is 13.7 Å². The molecule has 1 rings (SSSR count). The van der Waals surface area contributed by atoms with E-state index in [1.807, 2.05) is 0 Å². The smallest absolute Gasteiger partial charge is 0.305 e. The fourth-order valence-electron chi connectivity index (χ4n) is 1.08. The first-order valence-corrected chi connectivity index (χ1v) is 4.78. The molecule has 0 unspecified atom stereocenters. The van der Waals surface area contributed by atoms with Crippen molar-refractivity contribution in [2.45, 2.75) is 12.8 Å². The molecule has 0 aliphatic heterocycles. The molecule has 0 aliphatic rings. The number of benzene rings is 1. The third kappa shape index (κ3) is 3.84. The van der Waals surface area contributed by atoms with Gasteiger partial charge in [-0.3, -0.25) is 4.79 Å². The molecule has 0 saturated heterocycles. The number of methoxy groups -OCH3 is 1. The summed E-state index contributed by atoms with van der Waals surface area (Å²) in [6.45, 7) is 0.250. The second-order valence-corrected chi connectivity index (χ2v) is 3.10. The van der Waals surface area contributed by atoms with Gasteiger partial charge in [0.1, 0.15) is 5.75 Å². The lowest BCUT2D eigenvalue weighted by Gasteiger charge is -2.05. The molecule has 5 heteroatoms. The predicted octanol–water partition coefficient (Wildman–Crippen LogP) is 2.30. The van der Waals surface area contributed by atoms with Crippen LogP contribution in [0.3, 0.4) is 0 Å². The van der Waals surface area contributed by atoms with Crippen molar-refractivity contribution >= 4 is 5.97 Å². The van der Waals surface area contributed by atoms with Crippen molar-refractivity contribution in [3.63, 3.8) is 0 Å². The molecule has 0 amide bonds. The number of ether oxygens (including phenoxy) is 2. The monoisotopic (exact) mass is 230 g/mol. The van der Waals surface area contributed by atoms with Crippen LogP contribution in [0.15, 0.2) is 18.2 Å². The van der Waals surface area contributed by atoms with Crippen LogP contribution in [-0.4, -0.2) is 19.7 Å². The van der Waals surface area contributed by atoms with Crippen LogP contribution in [0.1, 0.15) is 12.8 Å². The SMILES string of the molecule is COC(=O)CCCOc1ccc(F)c(F)c1. The number of hydrogen-bond donors (Lipinski definition) is 0. The van der Waals surface area contributed by atoms with E-state index in [1.165, 1.54) is 13.2 Å². The van der Waals surface area contributed by atoms with Gasteiger partial charge in [-0.05, 0) is 18.6 Å². The normalized spacial score (nSPS) is 9.94. The molecule has 0 aliphatic carbocycles. The summed E-state index contributed by atoms with van der Waals surface area (Å²) < 4.78 is 34.8. The molecule has 0 fully saturated rings. The minimum atomic E-state index is -0.953. The summed E-state index contributed by atoms with van der Waals surface area (Å²) in [6, 6.07) is 3.29. The van der Waals surface area contributed by atoms with Gasteiger partial charge < -0.3 is 9.47 Å². The molecule has 3 nitrogen and oxygen atoms in total. The van der Waals surface area contributed by atoms with Crippen molar-refractivity contribution in [3.8, 4) is 5.75 Å². The Morgan fingerprint density at radius 2 is 2.06 bits per heavy atom. The quantitative estimate of drug-likeness (QED) is 0.575. The molecule has 0 aromatic heterocycles. The van der Waals surface area contributed by atoms with E-state index in [4.69, 9.17) is 4.74 Å². The van der Waals surface area contributed by atoms with E-state index in [0.717, 1.165) is 12.1 Å². The Morgan fingerprint density at radius 3 is 2.69 bits per heavy atom. The van der Waals surface area contributed by atoms with Crippen LogP contribution in [0.4, 0.5) is 8.78 Å². The van der Waals surface area contributed by atoms with Crippen LogP contribution in [0.25, 0.3) is 0 Å². The van der Waals surface area contributed by atoms with Crippen molar-refractivity contribution in [2.75, 3.05) is 13.7 Å². The summed E-state index contributed by atoms with van der Waals surface area (Å²) in [5.41, 5.74) is 0. The highest BCUT2D eigenvalue weighted by Crippen LogP contribution is 2.15. The summed E-state index contributed by atoms with van der Waals surface area (Å²) in [4.78, 5) is 10.7. The van der Waals surface area contributed by atoms with Gasteiger partial charge in [0, 0.05) is 12.5 Å². The molecule has 0 bridgehead atoms. The lowest BCUT2D eigenvalue weighted by atomic mass is 10.3. The molecule has 1 aromatic carbocycles. The zero-order chi connectivity index (χ0) is 12.0. The van der Waals surface area contributed by atoms with Crippen molar-refractivity contribution in [2.24, 2.45) is 0 Å². The third-order valence-corrected chi connectivity index (χ3v) is 1.91. The van der Waals surface area contributed by atoms with E-state index in [1.54, 1.807) is 0 Å². The van der Waals surface area contributed by atoms with E-state index < -0.39 is 11.6 Å². The van der Waals surface area contributed by atoms with E-state index >= 15 is 0 Å². The standard InChI is InChI=1S/C11H12F2O3/c1-15-11(14)3-2-6-16-8-4-5-9(12)10(13)7-8/h4-5,7H,2-3,6H2,1H3. The first kappa shape index (κ1) is 12.4. The predicted molar refractivity (Wildman–Crippen MR) is 53.1 cm³/mol. The topological polar surface area (TPSA) is 35.5 Å². The minimum Gasteiger partial charge on any atom is -0.493 e. The largest absolute Gasteiger partial charge is 0.493 e. The molecular weight excluding hydrogens is 218 g/mol. The van der Waals surface area contributed by atoms with Gasteiger partial charge in [-0.1, -0.05) is 0 Å². The van der Waals surface area contributed by atoms with Crippen molar-refractivity contribution < 1.29 is 23.0 Å². The van der Waals surface area contributed by atoms with Gasteiger partial charge in [-0.15, -0.1) is 0 Å². The van der Waals surface area contributed by atoms with Crippen molar-refractivity contribution in [1.29, 1.82) is 0 Å². The van der Waals surface area contributed by atoms with Gasteiger partial charge in [0.25, 0.3) is 0 Å². The first-order valence-electron chi connectivity index (χ1n) is 4.78. The summed E-state index contributed by atoms with van der Waals surface area (Å²) in [5, 5.41) is 0. The number of carbonyl (C=O) groups excluding carboxylic acids is 1. The Hall–Kier alpha value is -1.65. The van der Waals surface area contributed by atoms with E-state index in [9.17, 15) is 13.6 Å². The van der Waals surface area contributed by atoms with Gasteiger partial charge >= 0.3 is 5.97 Å². The number of carbonyl (C=O) groups is 1. The van der Waals surface area contributed by atoms with E-state index in [2.05, 4.69) is 4.74 Å². The highest BCUT2D eigenvalue weighted by molar-refractivity contribution is 5.68. The van der Waals surface area contributed by atoms with Crippen molar-refractivity contribution in [3.05, 3.63) is 29.8 Å². The van der Waals surface area contributed by atoms with Crippen LogP contribution in [0.2, 0.25) is 0 Å². The molecule has 1 aromatic rings. The zero-order valence-corrected chi connectivity index (χ0v) is 8.83. The Morgan fingerprint density at radius 1 is 1.31 bits per heavy atom. The molecule has 0 N–H and O–H groups in total. The maximum atomic E-state index is 12.7. The number of esters is 1. The van der Waals surface area contributed by atoms with Crippen LogP contribution in [0, 0.1) is 11.6 Å². The van der Waals surface area contributed by atoms with Crippen LogP contribution in [0.5, 0.6) is 5.75 Å². The number of rotatable bonds is 5. The van der Waals surface area contributed by atoms with Crippen LogP contribution < -0.4 is 4.74 Å². The summed E-state index contributed by atoms with van der Waals surface area (Å²) in [5.74, 6) is -1.95. The average Bonchev–Trinajstić information content (AvgIpc) is 2.28. The molecule has 0 radical (unpaired) electrons. The summed E-state index contributed by atoms with van der Waals surface area (Å²) in [7, 11) is 1.30. The second kappa shape index (κ2) is 6.05. The first-order chi connectivity index (χ1) is 7.63. The van der Waals surface area contributed by atoms with Gasteiger partial charge in [0.2, 0.25) is 0 Å². The highest BCUT2D eigenvalue weighted by atomic mass is 19.2. The van der Waals surface area contributed by atoms with Gasteiger partial charge in [0.15, 0.2) is 11.6 Å².